The number of nitrogens with zero attached hydrogens (tertiary/aromatic N) is 1. The Bertz CT molecular complexity index is 657. The summed E-state index contributed by atoms with van der Waals surface area (Å²) in [5.41, 5.74) is 6.00. The highest BCUT2D eigenvalue weighted by Gasteiger charge is 2.29. The number of carbonyl (C=O) groups excluding carboxylic acids is 2. The van der Waals surface area contributed by atoms with E-state index in [-0.39, 0.29) is 30.1 Å². The second-order valence-electron chi connectivity index (χ2n) is 7.03. The third-order valence-electron chi connectivity index (χ3n) is 4.64. The number of ether oxygens (including phenoxy) is 2. The number of nitrogens with two attached hydrogens (primary N) is 1. The van der Waals surface area contributed by atoms with E-state index >= 15 is 0 Å². The third-order valence-corrected chi connectivity index (χ3v) is 4.64. The van der Waals surface area contributed by atoms with Crippen molar-refractivity contribution in [2.45, 2.75) is 39.5 Å². The second-order valence-corrected chi connectivity index (χ2v) is 7.03. The number of benzene rings is 1. The zero-order chi connectivity index (χ0) is 20.4. The van der Waals surface area contributed by atoms with E-state index in [0.717, 1.165) is 25.7 Å². The fraction of sp³-hybridized carbons (Fsp3) is 0.619. The normalized spacial score (nSPS) is 16.0. The van der Waals surface area contributed by atoms with Crippen molar-refractivity contribution in [3.63, 3.8) is 0 Å². The van der Waals surface area contributed by atoms with Gasteiger partial charge in [-0.2, -0.15) is 0 Å². The van der Waals surface area contributed by atoms with Gasteiger partial charge in [0.25, 0.3) is 5.91 Å². The van der Waals surface area contributed by atoms with Gasteiger partial charge in [0, 0.05) is 31.7 Å². The molecular formula is C21H34ClN3O4. The van der Waals surface area contributed by atoms with E-state index in [9.17, 15) is 9.59 Å². The largest absolute Gasteiger partial charge is 0.490 e. The zero-order valence-corrected chi connectivity index (χ0v) is 18.3. The lowest BCUT2D eigenvalue weighted by atomic mass is 9.96. The van der Waals surface area contributed by atoms with Crippen LogP contribution in [0.15, 0.2) is 18.2 Å². The molecule has 0 aromatic heterocycles. The molecule has 0 saturated carbocycles. The number of likely N-dealkylation sites (tertiary alicyclic amines) is 1. The van der Waals surface area contributed by atoms with Gasteiger partial charge in [-0.1, -0.05) is 13.8 Å². The zero-order valence-electron chi connectivity index (χ0n) is 17.4. The van der Waals surface area contributed by atoms with Crippen molar-refractivity contribution in [1.82, 2.24) is 10.2 Å². The van der Waals surface area contributed by atoms with Crippen molar-refractivity contribution in [3.8, 4) is 11.5 Å². The summed E-state index contributed by atoms with van der Waals surface area (Å²) in [6, 6.07) is 5.31. The number of hydrogen-bond donors (Lipinski definition) is 2. The van der Waals surface area contributed by atoms with Crippen LogP contribution in [-0.2, 0) is 4.79 Å². The molecule has 164 valence electrons. The summed E-state index contributed by atoms with van der Waals surface area (Å²) in [4.78, 5) is 27.0. The summed E-state index contributed by atoms with van der Waals surface area (Å²) < 4.78 is 11.5. The van der Waals surface area contributed by atoms with Crippen LogP contribution in [0.2, 0.25) is 0 Å². The third kappa shape index (κ3) is 7.40. The molecule has 1 aliphatic heterocycles. The maximum Gasteiger partial charge on any atom is 0.254 e. The monoisotopic (exact) mass is 427 g/mol. The molecule has 0 bridgehead atoms. The Labute approximate surface area is 179 Å². The Morgan fingerprint density at radius 3 is 2.52 bits per heavy atom. The Balaban J connectivity index is 0.00000420. The van der Waals surface area contributed by atoms with Gasteiger partial charge in [0.1, 0.15) is 0 Å². The van der Waals surface area contributed by atoms with Gasteiger partial charge in [-0.3, -0.25) is 9.59 Å². The van der Waals surface area contributed by atoms with Gasteiger partial charge in [-0.05, 0) is 43.9 Å². The van der Waals surface area contributed by atoms with E-state index in [0.29, 0.717) is 56.5 Å². The van der Waals surface area contributed by atoms with Crippen molar-refractivity contribution in [1.29, 1.82) is 0 Å². The summed E-state index contributed by atoms with van der Waals surface area (Å²) in [7, 11) is 0. The van der Waals surface area contributed by atoms with Crippen LogP contribution in [-0.4, -0.2) is 56.1 Å². The minimum Gasteiger partial charge on any atom is -0.490 e. The van der Waals surface area contributed by atoms with E-state index in [1.165, 1.54) is 0 Å². The molecule has 0 spiro atoms. The molecular weight excluding hydrogens is 394 g/mol. The molecule has 1 unspecified atom stereocenters. The lowest BCUT2D eigenvalue weighted by molar-refractivity contribution is -0.126. The number of halogens is 1. The van der Waals surface area contributed by atoms with Crippen LogP contribution in [0, 0.1) is 5.92 Å². The quantitative estimate of drug-likeness (QED) is 0.598. The number of rotatable bonds is 10. The van der Waals surface area contributed by atoms with E-state index in [1.54, 1.807) is 23.1 Å². The minimum absolute atomic E-state index is 0. The van der Waals surface area contributed by atoms with Crippen molar-refractivity contribution in [2.75, 3.05) is 39.4 Å². The predicted octanol–water partition coefficient (Wildman–Crippen LogP) is 2.61. The lowest BCUT2D eigenvalue weighted by Gasteiger charge is -2.32. The first-order valence-electron chi connectivity index (χ1n) is 10.3. The molecule has 2 amide bonds. The molecule has 1 atom stereocenters. The number of piperidine rings is 1. The predicted molar refractivity (Wildman–Crippen MR) is 116 cm³/mol. The van der Waals surface area contributed by atoms with Gasteiger partial charge in [0.2, 0.25) is 5.91 Å². The molecule has 8 heteroatoms. The molecule has 1 aromatic rings. The van der Waals surface area contributed by atoms with E-state index in [2.05, 4.69) is 5.32 Å². The molecule has 1 fully saturated rings. The second kappa shape index (κ2) is 13.3. The van der Waals surface area contributed by atoms with Crippen LogP contribution in [0.3, 0.4) is 0 Å². The summed E-state index contributed by atoms with van der Waals surface area (Å²) in [5, 5.41) is 2.82. The fourth-order valence-corrected chi connectivity index (χ4v) is 3.20. The van der Waals surface area contributed by atoms with E-state index < -0.39 is 0 Å². The van der Waals surface area contributed by atoms with Gasteiger partial charge in [-0.15, -0.1) is 12.4 Å². The highest BCUT2D eigenvalue weighted by Crippen LogP contribution is 2.30. The lowest BCUT2D eigenvalue weighted by Crippen LogP contribution is -2.46. The summed E-state index contributed by atoms with van der Waals surface area (Å²) >= 11 is 0. The van der Waals surface area contributed by atoms with Crippen LogP contribution in [0.25, 0.3) is 0 Å². The van der Waals surface area contributed by atoms with Crippen molar-refractivity contribution in [3.05, 3.63) is 23.8 Å². The summed E-state index contributed by atoms with van der Waals surface area (Å²) in [6.07, 6.45) is 3.37. The van der Waals surface area contributed by atoms with Crippen LogP contribution in [0.5, 0.6) is 11.5 Å². The van der Waals surface area contributed by atoms with Crippen molar-refractivity contribution in [2.24, 2.45) is 11.7 Å². The van der Waals surface area contributed by atoms with Gasteiger partial charge < -0.3 is 25.4 Å². The SMILES string of the molecule is CCCOc1ccc(C(=O)N2CCCC(C(=O)NCCN)C2)cc1OCCC.Cl. The molecule has 1 saturated heterocycles. The van der Waals surface area contributed by atoms with Crippen molar-refractivity contribution < 1.29 is 19.1 Å². The first-order valence-corrected chi connectivity index (χ1v) is 10.3. The number of nitrogens with one attached hydrogen (secondary N) is 1. The minimum atomic E-state index is -0.188. The van der Waals surface area contributed by atoms with Crippen LogP contribution in [0.1, 0.15) is 49.9 Å². The average Bonchev–Trinajstić information content (AvgIpc) is 2.74. The highest BCUT2D eigenvalue weighted by atomic mass is 35.5. The van der Waals surface area contributed by atoms with Gasteiger partial charge in [0.15, 0.2) is 11.5 Å². The molecule has 3 N–H and O–H groups in total. The number of hydrogen-bond acceptors (Lipinski definition) is 5. The molecule has 29 heavy (non-hydrogen) atoms. The first-order chi connectivity index (χ1) is 13.6. The molecule has 2 rings (SSSR count). The van der Waals surface area contributed by atoms with Gasteiger partial charge in [-0.25, -0.2) is 0 Å². The number of amides is 2. The summed E-state index contributed by atoms with van der Waals surface area (Å²) in [6.45, 7) is 7.18. The van der Waals surface area contributed by atoms with Gasteiger partial charge >= 0.3 is 0 Å². The molecule has 1 aliphatic rings. The van der Waals surface area contributed by atoms with Crippen molar-refractivity contribution >= 4 is 24.2 Å². The van der Waals surface area contributed by atoms with Gasteiger partial charge in [0.05, 0.1) is 19.1 Å². The molecule has 0 aliphatic carbocycles. The van der Waals surface area contributed by atoms with E-state index in [4.69, 9.17) is 15.2 Å². The fourth-order valence-electron chi connectivity index (χ4n) is 3.20. The first kappa shape index (κ1) is 25.0. The molecule has 1 aromatic carbocycles. The Hall–Kier alpha value is -1.99. The molecule has 1 heterocycles. The Morgan fingerprint density at radius 2 is 1.86 bits per heavy atom. The Kier molecular flexibility index (Phi) is 11.5. The van der Waals surface area contributed by atoms with Crippen LogP contribution in [0.4, 0.5) is 0 Å². The smallest absolute Gasteiger partial charge is 0.254 e. The molecule has 0 radical (unpaired) electrons. The Morgan fingerprint density at radius 1 is 1.17 bits per heavy atom. The van der Waals surface area contributed by atoms with Crippen LogP contribution < -0.4 is 20.5 Å². The molecule has 7 nitrogen and oxygen atoms in total. The standard InChI is InChI=1S/C21H33N3O4.ClH/c1-3-12-27-18-8-7-16(14-19(18)28-13-4-2)21(26)24-11-5-6-17(15-24)20(25)23-10-9-22;/h7-8,14,17H,3-6,9-13,15,22H2,1-2H3,(H,23,25);1H. The number of carbonyl (C=O) groups is 2. The maximum absolute atomic E-state index is 13.0. The average molecular weight is 428 g/mol. The van der Waals surface area contributed by atoms with E-state index in [1.807, 2.05) is 13.8 Å². The maximum atomic E-state index is 13.0. The highest BCUT2D eigenvalue weighted by molar-refractivity contribution is 5.95. The summed E-state index contributed by atoms with van der Waals surface area (Å²) in [5.74, 6) is 0.949. The topological polar surface area (TPSA) is 93.9 Å². The van der Waals surface area contributed by atoms with Crippen LogP contribution >= 0.6 is 12.4 Å².